The van der Waals surface area contributed by atoms with Gasteiger partial charge in [-0.05, 0) is 49.7 Å². The molecule has 7 nitrogen and oxygen atoms in total. The molecule has 0 aliphatic carbocycles. The second-order valence-electron chi connectivity index (χ2n) is 9.55. The van der Waals surface area contributed by atoms with Gasteiger partial charge in [-0.3, -0.25) is 4.98 Å². The number of benzene rings is 2. The van der Waals surface area contributed by atoms with E-state index in [4.69, 9.17) is 10.7 Å². The number of nitrogens with zero attached hydrogens (tertiary/aromatic N) is 6. The van der Waals surface area contributed by atoms with E-state index in [0.717, 1.165) is 68.8 Å². The molecular weight excluding hydrogens is 458 g/mol. The normalized spacial score (nSPS) is 17.4. The number of nitrogens with two attached hydrogens (primary N) is 1. The van der Waals surface area contributed by atoms with Crippen molar-refractivity contribution in [2.75, 3.05) is 20.1 Å². The number of hydrogen-bond donors (Lipinski definition) is 1. The van der Waals surface area contributed by atoms with Crippen LogP contribution in [0.15, 0.2) is 79.1 Å². The summed E-state index contributed by atoms with van der Waals surface area (Å²) in [6, 6.07) is 20.2. The lowest BCUT2D eigenvalue weighted by Crippen LogP contribution is -2.29. The molecule has 6 rings (SSSR count). The fourth-order valence-corrected chi connectivity index (χ4v) is 4.96. The number of aromatic nitrogens is 5. The van der Waals surface area contributed by atoms with Gasteiger partial charge in [0.2, 0.25) is 0 Å². The molecule has 1 fully saturated rings. The molecule has 2 N–H and O–H groups in total. The van der Waals surface area contributed by atoms with Crippen molar-refractivity contribution in [2.45, 2.75) is 13.3 Å². The Hall–Kier alpha value is -4.54. The van der Waals surface area contributed by atoms with Crippen LogP contribution in [0.25, 0.3) is 38.9 Å². The molecule has 4 heterocycles. The average Bonchev–Trinajstić information content (AvgIpc) is 3.49. The van der Waals surface area contributed by atoms with Crippen molar-refractivity contribution >= 4 is 21.9 Å². The zero-order valence-electron chi connectivity index (χ0n) is 20.9. The van der Waals surface area contributed by atoms with Crippen LogP contribution in [0.2, 0.25) is 0 Å². The highest BCUT2D eigenvalue weighted by molar-refractivity contribution is 5.91. The van der Waals surface area contributed by atoms with E-state index in [9.17, 15) is 0 Å². The minimum Gasteiger partial charge on any atom is -0.377 e. The standard InChI is InChI=1S/C30H27N7/c1-20-29-24(28(18-32-20)37-27-10-5-4-9-26(27)34-35-37)11-12-25(33-29)23-8-6-7-22(17-23)13-14-30(19-31)15-16-36(3)21(30)2/h4-12,17-18H,2,15-16,19,31H2,1,3H3. The van der Waals surface area contributed by atoms with Crippen LogP contribution in [0.3, 0.4) is 0 Å². The lowest BCUT2D eigenvalue weighted by molar-refractivity contribution is 0.460. The van der Waals surface area contributed by atoms with E-state index in [-0.39, 0.29) is 5.41 Å². The van der Waals surface area contributed by atoms with Crippen LogP contribution in [0.4, 0.5) is 0 Å². The summed E-state index contributed by atoms with van der Waals surface area (Å²) in [5.41, 5.74) is 13.8. The molecule has 1 unspecified atom stereocenters. The number of fused-ring (bicyclic) bond motifs is 2. The molecule has 0 bridgehead atoms. The SMILES string of the molecule is C=C1N(C)CCC1(C#Cc1cccc(-c2ccc3c(-n4nnc5ccccc54)cnc(C)c3n2)c1)CN. The predicted molar refractivity (Wildman–Crippen MR) is 147 cm³/mol. The van der Waals surface area contributed by atoms with Gasteiger partial charge in [-0.15, -0.1) is 5.10 Å². The Labute approximate surface area is 215 Å². The van der Waals surface area contributed by atoms with Crippen molar-refractivity contribution in [3.63, 3.8) is 0 Å². The fourth-order valence-electron chi connectivity index (χ4n) is 4.96. The van der Waals surface area contributed by atoms with Gasteiger partial charge in [-0.2, -0.15) is 0 Å². The van der Waals surface area contributed by atoms with Crippen molar-refractivity contribution in [3.8, 4) is 28.8 Å². The van der Waals surface area contributed by atoms with E-state index in [0.29, 0.717) is 6.54 Å². The average molecular weight is 486 g/mol. The van der Waals surface area contributed by atoms with E-state index >= 15 is 0 Å². The molecule has 7 heteroatoms. The topological polar surface area (TPSA) is 85.8 Å². The lowest BCUT2D eigenvalue weighted by atomic mass is 9.85. The van der Waals surface area contributed by atoms with E-state index in [2.05, 4.69) is 56.8 Å². The minimum absolute atomic E-state index is 0.364. The highest BCUT2D eigenvalue weighted by atomic mass is 15.4. The van der Waals surface area contributed by atoms with Gasteiger partial charge in [-0.1, -0.05) is 47.9 Å². The summed E-state index contributed by atoms with van der Waals surface area (Å²) in [6.45, 7) is 7.59. The van der Waals surface area contributed by atoms with Gasteiger partial charge in [0.05, 0.1) is 39.7 Å². The lowest BCUT2D eigenvalue weighted by Gasteiger charge is -2.23. The number of rotatable bonds is 3. The molecule has 0 radical (unpaired) electrons. The first-order valence-corrected chi connectivity index (χ1v) is 12.3. The summed E-state index contributed by atoms with van der Waals surface area (Å²) in [6.07, 6.45) is 2.73. The largest absolute Gasteiger partial charge is 0.377 e. The summed E-state index contributed by atoms with van der Waals surface area (Å²) in [5, 5.41) is 9.65. The van der Waals surface area contributed by atoms with Crippen molar-refractivity contribution < 1.29 is 0 Å². The fraction of sp³-hybridized carbons (Fsp3) is 0.200. The third kappa shape index (κ3) is 3.83. The van der Waals surface area contributed by atoms with Crippen molar-refractivity contribution in [2.24, 2.45) is 11.1 Å². The molecule has 5 aromatic rings. The second-order valence-corrected chi connectivity index (χ2v) is 9.55. The molecule has 37 heavy (non-hydrogen) atoms. The Morgan fingerprint density at radius 3 is 2.78 bits per heavy atom. The molecular formula is C30H27N7. The van der Waals surface area contributed by atoms with Crippen LogP contribution in [-0.4, -0.2) is 50.0 Å². The molecule has 0 spiro atoms. The van der Waals surface area contributed by atoms with Gasteiger partial charge in [-0.25, -0.2) is 9.67 Å². The van der Waals surface area contributed by atoms with Gasteiger partial charge < -0.3 is 10.6 Å². The van der Waals surface area contributed by atoms with E-state index in [1.54, 1.807) is 0 Å². The Balaban J connectivity index is 1.40. The molecule has 1 saturated heterocycles. The van der Waals surface area contributed by atoms with Crippen molar-refractivity contribution in [3.05, 3.63) is 90.4 Å². The number of aryl methyl sites for hydroxylation is 1. The summed E-state index contributed by atoms with van der Waals surface area (Å²) >= 11 is 0. The Bertz CT molecular complexity index is 1740. The van der Waals surface area contributed by atoms with Crippen LogP contribution in [0.5, 0.6) is 0 Å². The smallest absolute Gasteiger partial charge is 0.113 e. The molecule has 1 aliphatic heterocycles. The number of para-hydroxylation sites is 1. The maximum absolute atomic E-state index is 6.14. The first kappa shape index (κ1) is 22.9. The predicted octanol–water partition coefficient (Wildman–Crippen LogP) is 4.48. The maximum Gasteiger partial charge on any atom is 0.113 e. The van der Waals surface area contributed by atoms with Crippen LogP contribution in [-0.2, 0) is 0 Å². The molecule has 1 aliphatic rings. The quantitative estimate of drug-likeness (QED) is 0.379. The van der Waals surface area contributed by atoms with Crippen molar-refractivity contribution in [1.29, 1.82) is 0 Å². The van der Waals surface area contributed by atoms with Crippen molar-refractivity contribution in [1.82, 2.24) is 29.9 Å². The number of hydrogen-bond acceptors (Lipinski definition) is 6. The third-order valence-corrected chi connectivity index (χ3v) is 7.31. The van der Waals surface area contributed by atoms with E-state index < -0.39 is 0 Å². The van der Waals surface area contributed by atoms with Gasteiger partial charge in [0.25, 0.3) is 0 Å². The number of likely N-dealkylation sites (tertiary alicyclic amines) is 1. The van der Waals surface area contributed by atoms with Crippen LogP contribution in [0.1, 0.15) is 17.7 Å². The second kappa shape index (κ2) is 8.84. The van der Waals surface area contributed by atoms with Crippen LogP contribution in [0, 0.1) is 24.2 Å². The third-order valence-electron chi connectivity index (χ3n) is 7.31. The highest BCUT2D eigenvalue weighted by Crippen LogP contribution is 2.37. The first-order chi connectivity index (χ1) is 18.0. The molecule has 2 aromatic carbocycles. The first-order valence-electron chi connectivity index (χ1n) is 12.3. The summed E-state index contributed by atoms with van der Waals surface area (Å²) in [5.74, 6) is 6.79. The van der Waals surface area contributed by atoms with Gasteiger partial charge in [0.15, 0.2) is 0 Å². The van der Waals surface area contributed by atoms with Gasteiger partial charge >= 0.3 is 0 Å². The Kier molecular flexibility index (Phi) is 5.47. The molecule has 3 aromatic heterocycles. The molecule has 0 amide bonds. The summed E-state index contributed by atoms with van der Waals surface area (Å²) in [7, 11) is 2.04. The zero-order valence-corrected chi connectivity index (χ0v) is 20.9. The molecule has 1 atom stereocenters. The van der Waals surface area contributed by atoms with E-state index in [1.807, 2.05) is 67.3 Å². The molecule has 0 saturated carbocycles. The Morgan fingerprint density at radius 1 is 1.11 bits per heavy atom. The minimum atomic E-state index is -0.364. The zero-order chi connectivity index (χ0) is 25.6. The monoisotopic (exact) mass is 485 g/mol. The van der Waals surface area contributed by atoms with Crippen LogP contribution < -0.4 is 5.73 Å². The van der Waals surface area contributed by atoms with E-state index in [1.165, 1.54) is 0 Å². The van der Waals surface area contributed by atoms with Gasteiger partial charge in [0.1, 0.15) is 5.52 Å². The summed E-state index contributed by atoms with van der Waals surface area (Å²) < 4.78 is 1.82. The summed E-state index contributed by atoms with van der Waals surface area (Å²) in [4.78, 5) is 11.8. The van der Waals surface area contributed by atoms with Crippen LogP contribution >= 0.6 is 0 Å². The highest BCUT2D eigenvalue weighted by Gasteiger charge is 2.37. The number of pyridine rings is 2. The Morgan fingerprint density at radius 2 is 1.97 bits per heavy atom. The maximum atomic E-state index is 6.14. The molecule has 182 valence electrons. The van der Waals surface area contributed by atoms with Gasteiger partial charge in [0, 0.05) is 42.3 Å².